The van der Waals surface area contributed by atoms with E-state index in [9.17, 15) is 74.1 Å². The number of aliphatic hydroxyl groups excluding tert-OH is 5. The molecule has 2 heterocycles. The van der Waals surface area contributed by atoms with Crippen LogP contribution in [-0.4, -0.2) is 236 Å². The molecule has 486 valence electrons. The first-order valence-corrected chi connectivity index (χ1v) is 32.9. The number of Topliss-reactive ketones (excluding diaryl/α,β-unsaturated/α-hetero) is 1. The summed E-state index contributed by atoms with van der Waals surface area (Å²) in [7, 11) is -2.79. The van der Waals surface area contributed by atoms with Crippen molar-refractivity contribution in [3.63, 3.8) is 0 Å². The number of aliphatic hydroxyl groups is 6. The molecule has 2 aliphatic heterocycles. The van der Waals surface area contributed by atoms with Gasteiger partial charge in [0.05, 0.1) is 38.6 Å². The molecule has 2 saturated heterocycles. The number of nitrogens with one attached hydrogen (secondary N) is 5. The molecule has 0 radical (unpaired) electrons. The molecule has 0 unspecified atom stereocenters. The molecule has 2 saturated carbocycles. The molecule has 4 aliphatic carbocycles. The summed E-state index contributed by atoms with van der Waals surface area (Å²) in [4.78, 5) is 158. The fraction of sp³-hybridized carbons (Fsp3) is 0.741. The number of carboxylic acids is 1. The molecular weight excluding hydrogens is 1150 g/mol. The number of hydrogen-bond donors (Lipinski definition) is 13. The van der Waals surface area contributed by atoms with Gasteiger partial charge in [-0.15, -0.1) is 0 Å². The zero-order valence-corrected chi connectivity index (χ0v) is 52.3. The lowest BCUT2D eigenvalue weighted by atomic mass is 9.66. The van der Waals surface area contributed by atoms with Gasteiger partial charge < -0.3 is 87.2 Å². The van der Waals surface area contributed by atoms with E-state index < -0.39 is 200 Å². The minimum absolute atomic E-state index is 0.00799. The number of carbonyl (C=O) groups excluding carboxylic acids is 10. The Bertz CT molecular complexity index is 2760. The van der Waals surface area contributed by atoms with Gasteiger partial charge in [-0.05, 0) is 88.4 Å². The molecular formula is C58H91N9O19Si. The summed E-state index contributed by atoms with van der Waals surface area (Å²) in [6.07, 6.45) is 2.60. The Morgan fingerprint density at radius 2 is 1.32 bits per heavy atom. The van der Waals surface area contributed by atoms with Crippen molar-refractivity contribution in [2.75, 3.05) is 46.1 Å². The Balaban J connectivity index is 1.49. The van der Waals surface area contributed by atoms with Crippen LogP contribution >= 0.6 is 0 Å². The Kier molecular flexibility index (Phi) is 22.2. The summed E-state index contributed by atoms with van der Waals surface area (Å²) < 4.78 is 6.94. The standard InChI is InChI=1S/C58H91N9O19Si/c1-30-43-34(46(75)57(7,85)58(30)19-20-58)23-56(6,29-86-87(8,9)55(3,4)5)45(43)67(39(17-18-42(59)74)50(79)61-36(26-69)48(77)63-38(28-71)52(81)65-21-13-16-40(65)54(83)84)53(82)44(32-14-11-10-12-15-32)64-49(78)37(27-70)60-47(76)35(25-68)62-51(80)41-22-33(73)24-66(41)31(2)72/h23,32-33,35-41,44-45,68-71,73,85H,10-22,24-29H2,1-9H3,(H2,59,74)(H,60,76)(H,61,79)(H,62,80)(H,63,77)(H,64,78)(H,83,84)/t33-,35+,36+,37+,38+,39+,40+,41+,44+,45-,56-,57+/m1/s1. The van der Waals surface area contributed by atoms with Crippen LogP contribution in [0.25, 0.3) is 0 Å². The van der Waals surface area contributed by atoms with E-state index in [2.05, 4.69) is 26.6 Å². The second-order valence-electron chi connectivity index (χ2n) is 26.3. The summed E-state index contributed by atoms with van der Waals surface area (Å²) in [5.74, 6) is -11.9. The number of rotatable bonds is 26. The van der Waals surface area contributed by atoms with Crippen molar-refractivity contribution >= 4 is 73.2 Å². The summed E-state index contributed by atoms with van der Waals surface area (Å²) in [5, 5.41) is 86.3. The number of nitrogens with zero attached hydrogens (tertiary/aromatic N) is 3. The lowest BCUT2D eigenvalue weighted by Gasteiger charge is -2.49. The first-order chi connectivity index (χ1) is 40.6. The van der Waals surface area contributed by atoms with Crippen molar-refractivity contribution in [1.82, 2.24) is 41.3 Å². The number of ketones is 1. The quantitative estimate of drug-likeness (QED) is 0.0390. The molecule has 0 aromatic rings. The zero-order valence-electron chi connectivity index (χ0n) is 51.3. The summed E-state index contributed by atoms with van der Waals surface area (Å²) >= 11 is 0. The summed E-state index contributed by atoms with van der Waals surface area (Å²) in [6, 6.07) is -14.9. The first kappa shape index (κ1) is 69.9. The lowest BCUT2D eigenvalue weighted by Crippen LogP contribution is -2.66. The third kappa shape index (κ3) is 14.6. The third-order valence-electron chi connectivity index (χ3n) is 19.3. The van der Waals surface area contributed by atoms with Gasteiger partial charge in [0.15, 0.2) is 14.1 Å². The van der Waals surface area contributed by atoms with Crippen molar-refractivity contribution < 1.29 is 92.9 Å². The van der Waals surface area contributed by atoms with Crippen molar-refractivity contribution in [1.29, 1.82) is 0 Å². The van der Waals surface area contributed by atoms with Gasteiger partial charge in [0.2, 0.25) is 53.2 Å². The molecule has 29 heteroatoms. The van der Waals surface area contributed by atoms with Crippen LogP contribution in [-0.2, 0) is 57.2 Å². The minimum atomic E-state index is -2.79. The van der Waals surface area contributed by atoms with E-state index in [0.717, 1.165) is 14.7 Å². The number of carboxylic acid groups (broad SMARTS) is 1. The molecule has 0 aromatic heterocycles. The third-order valence-corrected chi connectivity index (χ3v) is 23.8. The number of likely N-dealkylation sites (tertiary alicyclic amines) is 2. The lowest BCUT2D eigenvalue weighted by molar-refractivity contribution is -0.151. The van der Waals surface area contributed by atoms with Crippen LogP contribution in [0.5, 0.6) is 0 Å². The first-order valence-electron chi connectivity index (χ1n) is 30.0. The van der Waals surface area contributed by atoms with Crippen LogP contribution in [0.3, 0.4) is 0 Å². The number of aliphatic carboxylic acids is 1. The van der Waals surface area contributed by atoms with Crippen molar-refractivity contribution in [2.24, 2.45) is 22.5 Å². The minimum Gasteiger partial charge on any atom is -0.480 e. The number of primary amides is 1. The molecule has 0 bridgehead atoms. The number of hydrogen-bond acceptors (Lipinski definition) is 18. The van der Waals surface area contributed by atoms with Gasteiger partial charge in [-0.1, -0.05) is 58.6 Å². The predicted molar refractivity (Wildman–Crippen MR) is 311 cm³/mol. The van der Waals surface area contributed by atoms with E-state index in [4.69, 9.17) is 10.2 Å². The molecule has 6 aliphatic rings. The molecule has 9 amide bonds. The smallest absolute Gasteiger partial charge is 0.326 e. The molecule has 28 nitrogen and oxygen atoms in total. The highest BCUT2D eigenvalue weighted by Crippen LogP contribution is 2.66. The van der Waals surface area contributed by atoms with Gasteiger partial charge in [-0.25, -0.2) is 4.79 Å². The Morgan fingerprint density at radius 1 is 0.782 bits per heavy atom. The topological polar surface area (TPSA) is 434 Å². The van der Waals surface area contributed by atoms with Gasteiger partial charge in [-0.3, -0.25) is 47.9 Å². The predicted octanol–water partition coefficient (Wildman–Crippen LogP) is -2.75. The van der Waals surface area contributed by atoms with Gasteiger partial charge in [0, 0.05) is 55.9 Å². The highest BCUT2D eigenvalue weighted by Gasteiger charge is 2.68. The van der Waals surface area contributed by atoms with E-state index >= 15 is 14.4 Å². The fourth-order valence-electron chi connectivity index (χ4n) is 12.9. The Morgan fingerprint density at radius 3 is 1.84 bits per heavy atom. The van der Waals surface area contributed by atoms with Gasteiger partial charge in [-0.2, -0.15) is 0 Å². The van der Waals surface area contributed by atoms with E-state index in [1.54, 1.807) is 19.9 Å². The number of fused-ring (bicyclic) bond motifs is 1. The molecule has 87 heavy (non-hydrogen) atoms. The van der Waals surface area contributed by atoms with Gasteiger partial charge >= 0.3 is 5.97 Å². The molecule has 4 fully saturated rings. The fourth-order valence-corrected chi connectivity index (χ4v) is 14.0. The maximum atomic E-state index is 16.7. The van der Waals surface area contributed by atoms with Crippen LogP contribution in [0.4, 0.5) is 0 Å². The molecule has 0 aromatic carbocycles. The van der Waals surface area contributed by atoms with Gasteiger partial charge in [0.1, 0.15) is 53.9 Å². The average Bonchev–Trinajstić information content (AvgIpc) is 1.53. The van der Waals surface area contributed by atoms with Crippen molar-refractivity contribution in [3.8, 4) is 0 Å². The summed E-state index contributed by atoms with van der Waals surface area (Å²) in [6.45, 7) is 11.2. The largest absolute Gasteiger partial charge is 0.480 e. The monoisotopic (exact) mass is 1250 g/mol. The maximum absolute atomic E-state index is 16.7. The number of amides is 9. The Labute approximate surface area is 506 Å². The SMILES string of the molecule is CC(=O)N1C[C@H](O)C[C@H]1C(=O)N[C@@H](CO)C(=O)N[C@@H](CO)C(=O)N[C@H](C(=O)N([C@@H](CCC(N)=O)C(=O)N[C@@H](CO)C(=O)N[C@@H](CO)C(=O)N1CCC[C@H]1C(=O)O)[C@@H]1C2=C(C)C3(CC3)[C@@](C)(O)C(=O)C2=C[C@]1(C)CO[Si](C)(C)C(C)(C)C)C1CCCCC1. The highest BCUT2D eigenvalue weighted by molar-refractivity contribution is 6.74. The second kappa shape index (κ2) is 27.7. The van der Waals surface area contributed by atoms with Crippen LogP contribution < -0.4 is 32.3 Å². The van der Waals surface area contributed by atoms with E-state index in [1.807, 2.05) is 33.9 Å². The van der Waals surface area contributed by atoms with Crippen LogP contribution in [0, 0.1) is 16.7 Å². The summed E-state index contributed by atoms with van der Waals surface area (Å²) in [5.41, 5.74) is 1.93. The maximum Gasteiger partial charge on any atom is 0.326 e. The van der Waals surface area contributed by atoms with E-state index in [-0.39, 0.29) is 43.7 Å². The normalized spacial score (nSPS) is 26.6. The van der Waals surface area contributed by atoms with Crippen molar-refractivity contribution in [3.05, 3.63) is 22.8 Å². The molecule has 1 spiro atoms. The average molecular weight is 1250 g/mol. The molecule has 12 atom stereocenters. The number of carbonyl (C=O) groups is 11. The highest BCUT2D eigenvalue weighted by atomic mass is 28.4. The zero-order chi connectivity index (χ0) is 65.1. The number of β-amino-alcohol motifs (C(OH)–C–C–N with tert-alkyl or cyclic N) is 1. The van der Waals surface area contributed by atoms with E-state index in [1.165, 1.54) is 13.8 Å². The molecule has 6 rings (SSSR count). The van der Waals surface area contributed by atoms with Gasteiger partial charge in [0.25, 0.3) is 0 Å². The second-order valence-corrected chi connectivity index (χ2v) is 31.1. The van der Waals surface area contributed by atoms with Crippen LogP contribution in [0.15, 0.2) is 22.8 Å². The Hall–Kier alpha value is -6.21. The van der Waals surface area contributed by atoms with Crippen LogP contribution in [0.2, 0.25) is 18.1 Å². The molecule has 14 N–H and O–H groups in total. The van der Waals surface area contributed by atoms with Crippen molar-refractivity contribution in [2.45, 2.75) is 210 Å². The van der Waals surface area contributed by atoms with E-state index in [0.29, 0.717) is 56.9 Å². The number of nitrogens with two attached hydrogens (primary N) is 1. The van der Waals surface area contributed by atoms with Crippen LogP contribution in [0.1, 0.15) is 126 Å².